The van der Waals surface area contributed by atoms with Crippen molar-refractivity contribution in [3.8, 4) is 11.3 Å². The van der Waals surface area contributed by atoms with Crippen molar-refractivity contribution in [3.05, 3.63) is 59.1 Å². The summed E-state index contributed by atoms with van der Waals surface area (Å²) in [5, 5.41) is 7.69. The van der Waals surface area contributed by atoms with Gasteiger partial charge >= 0.3 is 0 Å². The lowest BCUT2D eigenvalue weighted by molar-refractivity contribution is -0.0946. The number of fused-ring (bicyclic) bond motifs is 3. The maximum absolute atomic E-state index is 12.7. The Labute approximate surface area is 191 Å². The van der Waals surface area contributed by atoms with Crippen molar-refractivity contribution in [1.82, 2.24) is 30.0 Å². The average Bonchev–Trinajstić information content (AvgIpc) is 3.62. The van der Waals surface area contributed by atoms with E-state index in [1.807, 2.05) is 16.9 Å². The van der Waals surface area contributed by atoms with Gasteiger partial charge in [0.2, 0.25) is 0 Å². The molecule has 1 N–H and O–H groups in total. The molecule has 3 aromatic rings. The Hall–Kier alpha value is -3.17. The highest BCUT2D eigenvalue weighted by molar-refractivity contribution is 5.92. The predicted molar refractivity (Wildman–Crippen MR) is 119 cm³/mol. The summed E-state index contributed by atoms with van der Waals surface area (Å²) in [6, 6.07) is 3.72. The molecule has 1 saturated carbocycles. The molecule has 1 amide bonds. The van der Waals surface area contributed by atoms with Crippen LogP contribution in [0.2, 0.25) is 0 Å². The number of nitrogens with one attached hydrogen (secondary N) is 1. The second kappa shape index (κ2) is 8.64. The number of carbonyl (C=O) groups excluding carboxylic acids is 1. The summed E-state index contributed by atoms with van der Waals surface area (Å²) < 4.78 is 13.2. The molecular formula is C24H26N6O3. The van der Waals surface area contributed by atoms with Gasteiger partial charge in [-0.05, 0) is 43.4 Å². The number of amides is 1. The Bertz CT molecular complexity index is 1170. The standard InChI is InChI=1S/C24H26N6O3/c31-24(27-10-17-9-26-22(11-25-17)15-1-2-15)21-6-4-19-20(28-21)5-3-16-12-30(29-23(16)19)13-18-14-32-7-8-33-18/h4,6,9,11-12,15,18H,1-3,5,7-8,10,13-14H2,(H,27,31)/t18-/m0/s1. The predicted octanol–water partition coefficient (Wildman–Crippen LogP) is 2.06. The molecule has 170 valence electrons. The zero-order chi connectivity index (χ0) is 22.2. The first kappa shape index (κ1) is 20.4. The highest BCUT2D eigenvalue weighted by atomic mass is 16.6. The molecule has 0 bridgehead atoms. The number of aryl methyl sites for hydroxylation is 2. The quantitative estimate of drug-likeness (QED) is 0.618. The molecule has 33 heavy (non-hydrogen) atoms. The number of carbonyl (C=O) groups is 1. The fourth-order valence-electron chi connectivity index (χ4n) is 4.41. The van der Waals surface area contributed by atoms with Crippen LogP contribution in [0.5, 0.6) is 0 Å². The van der Waals surface area contributed by atoms with E-state index in [0.717, 1.165) is 41.2 Å². The van der Waals surface area contributed by atoms with Gasteiger partial charge in [-0.1, -0.05) is 0 Å². The molecule has 4 heterocycles. The lowest BCUT2D eigenvalue weighted by atomic mass is 9.94. The molecule has 0 unspecified atom stereocenters. The van der Waals surface area contributed by atoms with Gasteiger partial charge in [0.25, 0.3) is 5.91 Å². The van der Waals surface area contributed by atoms with Crippen LogP contribution in [0.4, 0.5) is 0 Å². The van der Waals surface area contributed by atoms with Crippen LogP contribution in [-0.2, 0) is 35.4 Å². The number of hydrogen-bond donors (Lipinski definition) is 1. The Kier molecular flexibility index (Phi) is 5.35. The lowest BCUT2D eigenvalue weighted by Crippen LogP contribution is -2.32. The highest BCUT2D eigenvalue weighted by Gasteiger charge is 2.26. The molecule has 1 aliphatic heterocycles. The number of pyridine rings is 1. The molecule has 9 nitrogen and oxygen atoms in total. The molecule has 3 aromatic heterocycles. The van der Waals surface area contributed by atoms with Crippen LogP contribution in [0, 0.1) is 0 Å². The molecule has 0 aromatic carbocycles. The van der Waals surface area contributed by atoms with Crippen LogP contribution in [0.1, 0.15) is 51.9 Å². The van der Waals surface area contributed by atoms with Crippen molar-refractivity contribution in [2.45, 2.75) is 50.8 Å². The third-order valence-corrected chi connectivity index (χ3v) is 6.36. The molecule has 2 aliphatic carbocycles. The third-order valence-electron chi connectivity index (χ3n) is 6.36. The molecule has 9 heteroatoms. The molecule has 6 rings (SSSR count). The van der Waals surface area contributed by atoms with E-state index < -0.39 is 0 Å². The summed E-state index contributed by atoms with van der Waals surface area (Å²) in [7, 11) is 0. The molecule has 3 aliphatic rings. The average molecular weight is 447 g/mol. The SMILES string of the molecule is O=C(NCc1cnc(C2CC2)cn1)c1ccc2c(n1)CCc1cn(C[C@H]3COCCO3)nc1-2. The summed E-state index contributed by atoms with van der Waals surface area (Å²) in [4.78, 5) is 26.2. The number of ether oxygens (including phenoxy) is 2. The number of nitrogens with zero attached hydrogens (tertiary/aromatic N) is 5. The second-order valence-electron chi connectivity index (χ2n) is 8.87. The second-order valence-corrected chi connectivity index (χ2v) is 8.87. The van der Waals surface area contributed by atoms with E-state index in [9.17, 15) is 4.79 Å². The number of rotatable bonds is 6. The van der Waals surface area contributed by atoms with Crippen molar-refractivity contribution in [2.24, 2.45) is 0 Å². The van der Waals surface area contributed by atoms with Crippen LogP contribution < -0.4 is 5.32 Å². The Morgan fingerprint density at radius 1 is 1.15 bits per heavy atom. The van der Waals surface area contributed by atoms with Crippen LogP contribution in [0.3, 0.4) is 0 Å². The van der Waals surface area contributed by atoms with Gasteiger partial charge in [-0.3, -0.25) is 19.4 Å². The van der Waals surface area contributed by atoms with Gasteiger partial charge in [0, 0.05) is 23.9 Å². The third kappa shape index (κ3) is 4.38. The van der Waals surface area contributed by atoms with E-state index in [1.54, 1.807) is 12.3 Å². The topological polar surface area (TPSA) is 104 Å². The number of aromatic nitrogens is 5. The Balaban J connectivity index is 1.13. The lowest BCUT2D eigenvalue weighted by Gasteiger charge is -2.22. The van der Waals surface area contributed by atoms with Gasteiger partial charge in [0.15, 0.2) is 0 Å². The van der Waals surface area contributed by atoms with E-state index in [2.05, 4.69) is 26.5 Å². The van der Waals surface area contributed by atoms with Gasteiger partial charge in [-0.25, -0.2) is 4.98 Å². The minimum absolute atomic E-state index is 0.0263. The van der Waals surface area contributed by atoms with Crippen LogP contribution >= 0.6 is 0 Å². The molecule has 1 saturated heterocycles. The first-order chi connectivity index (χ1) is 16.2. The molecule has 0 radical (unpaired) electrons. The summed E-state index contributed by atoms with van der Waals surface area (Å²) in [5.74, 6) is 0.360. The van der Waals surface area contributed by atoms with Gasteiger partial charge in [-0.15, -0.1) is 0 Å². The molecule has 1 atom stereocenters. The molecule has 2 fully saturated rings. The maximum Gasteiger partial charge on any atom is 0.270 e. The fourth-order valence-corrected chi connectivity index (χ4v) is 4.41. The Morgan fingerprint density at radius 3 is 2.88 bits per heavy atom. The summed E-state index contributed by atoms with van der Waals surface area (Å²) >= 11 is 0. The van der Waals surface area contributed by atoms with E-state index in [0.29, 0.717) is 44.5 Å². The maximum atomic E-state index is 12.7. The van der Waals surface area contributed by atoms with Crippen molar-refractivity contribution < 1.29 is 14.3 Å². The highest BCUT2D eigenvalue weighted by Crippen LogP contribution is 2.38. The minimum Gasteiger partial charge on any atom is -0.376 e. The zero-order valence-electron chi connectivity index (χ0n) is 18.4. The summed E-state index contributed by atoms with van der Waals surface area (Å²) in [6.07, 6.45) is 9.71. The first-order valence-electron chi connectivity index (χ1n) is 11.6. The van der Waals surface area contributed by atoms with Gasteiger partial charge in [0.05, 0.1) is 61.9 Å². The molecule has 0 spiro atoms. The Morgan fingerprint density at radius 2 is 2.09 bits per heavy atom. The van der Waals surface area contributed by atoms with Gasteiger partial charge in [-0.2, -0.15) is 5.10 Å². The smallest absolute Gasteiger partial charge is 0.270 e. The van der Waals surface area contributed by atoms with E-state index in [1.165, 1.54) is 18.4 Å². The monoisotopic (exact) mass is 446 g/mol. The van der Waals surface area contributed by atoms with E-state index in [-0.39, 0.29) is 12.0 Å². The van der Waals surface area contributed by atoms with Crippen molar-refractivity contribution >= 4 is 5.91 Å². The zero-order valence-corrected chi connectivity index (χ0v) is 18.4. The first-order valence-corrected chi connectivity index (χ1v) is 11.6. The largest absolute Gasteiger partial charge is 0.376 e. The van der Waals surface area contributed by atoms with Gasteiger partial charge in [0.1, 0.15) is 11.8 Å². The minimum atomic E-state index is -0.211. The van der Waals surface area contributed by atoms with Crippen LogP contribution in [0.25, 0.3) is 11.3 Å². The van der Waals surface area contributed by atoms with E-state index >= 15 is 0 Å². The normalized spacial score (nSPS) is 19.6. The number of hydrogen-bond acceptors (Lipinski definition) is 7. The summed E-state index contributed by atoms with van der Waals surface area (Å²) in [5.41, 5.74) is 6.24. The van der Waals surface area contributed by atoms with Crippen molar-refractivity contribution in [3.63, 3.8) is 0 Å². The van der Waals surface area contributed by atoms with Crippen LogP contribution in [-0.4, -0.2) is 56.6 Å². The molecular weight excluding hydrogens is 420 g/mol. The summed E-state index contributed by atoms with van der Waals surface area (Å²) in [6.45, 7) is 2.87. The van der Waals surface area contributed by atoms with Gasteiger partial charge < -0.3 is 14.8 Å². The van der Waals surface area contributed by atoms with Crippen molar-refractivity contribution in [2.75, 3.05) is 19.8 Å². The van der Waals surface area contributed by atoms with Crippen LogP contribution in [0.15, 0.2) is 30.7 Å². The van der Waals surface area contributed by atoms with E-state index in [4.69, 9.17) is 14.6 Å². The van der Waals surface area contributed by atoms with Crippen molar-refractivity contribution in [1.29, 1.82) is 0 Å². The fraction of sp³-hybridized carbons (Fsp3) is 0.458.